The second-order valence-electron chi connectivity index (χ2n) is 8.27. The molecule has 0 saturated heterocycles. The van der Waals surface area contributed by atoms with Crippen LogP contribution in [0.2, 0.25) is 0 Å². The average molecular weight is 572 g/mol. The van der Waals surface area contributed by atoms with Crippen LogP contribution in [-0.2, 0) is 0 Å². The Morgan fingerprint density at radius 3 is 2.76 bits per heavy atom. The van der Waals surface area contributed by atoms with Gasteiger partial charge in [0.05, 0.1) is 21.0 Å². The SMILES string of the molecule is CC(C)(CN=C(N)c1ccc(N=[N+]=[N-])cc1)NCC(O)COc1cccc2[nH]c(C#N)c(I)c12. The summed E-state index contributed by atoms with van der Waals surface area (Å²) >= 11 is 2.12. The van der Waals surface area contributed by atoms with Gasteiger partial charge in [0, 0.05) is 28.2 Å². The first kappa shape index (κ1) is 25.3. The van der Waals surface area contributed by atoms with Crippen molar-refractivity contribution < 1.29 is 9.84 Å². The van der Waals surface area contributed by atoms with Gasteiger partial charge in [-0.15, -0.1) is 0 Å². The molecule has 0 fully saturated rings. The molecule has 1 unspecified atom stereocenters. The highest BCUT2D eigenvalue weighted by atomic mass is 127. The Bertz CT molecular complexity index is 1270. The summed E-state index contributed by atoms with van der Waals surface area (Å²) in [4.78, 5) is 10.3. The van der Waals surface area contributed by atoms with Crippen molar-refractivity contribution in [3.8, 4) is 11.8 Å². The average Bonchev–Trinajstić information content (AvgIpc) is 3.17. The van der Waals surface area contributed by atoms with Gasteiger partial charge in [0.1, 0.15) is 36.1 Å². The number of aliphatic hydroxyl groups is 1. The maximum Gasteiger partial charge on any atom is 0.132 e. The minimum absolute atomic E-state index is 0.0915. The molecule has 1 atom stereocenters. The first-order valence-corrected chi connectivity index (χ1v) is 11.5. The molecule has 34 heavy (non-hydrogen) atoms. The number of H-pyrrole nitrogens is 1. The zero-order valence-electron chi connectivity index (χ0n) is 18.8. The van der Waals surface area contributed by atoms with E-state index in [2.05, 4.69) is 54.0 Å². The van der Waals surface area contributed by atoms with E-state index in [9.17, 15) is 10.4 Å². The normalized spacial score (nSPS) is 12.7. The Hall–Kier alpha value is -3.30. The molecule has 0 radical (unpaired) electrons. The number of benzene rings is 2. The molecule has 0 aliphatic heterocycles. The van der Waals surface area contributed by atoms with Crippen LogP contribution < -0.4 is 15.8 Å². The zero-order chi connectivity index (χ0) is 24.7. The van der Waals surface area contributed by atoms with Crippen molar-refractivity contribution in [2.45, 2.75) is 25.5 Å². The van der Waals surface area contributed by atoms with Crippen molar-refractivity contribution in [1.29, 1.82) is 5.26 Å². The molecule has 0 aliphatic carbocycles. The molecule has 3 rings (SSSR count). The van der Waals surface area contributed by atoms with Gasteiger partial charge < -0.3 is 25.9 Å². The van der Waals surface area contributed by atoms with Gasteiger partial charge in [0.25, 0.3) is 0 Å². The zero-order valence-corrected chi connectivity index (χ0v) is 20.9. The Morgan fingerprint density at radius 2 is 2.09 bits per heavy atom. The number of nitrogens with one attached hydrogen (secondary N) is 2. The molecule has 0 spiro atoms. The predicted molar refractivity (Wildman–Crippen MR) is 140 cm³/mol. The number of aliphatic imine (C=N–C) groups is 1. The molecular weight excluding hydrogens is 547 g/mol. The van der Waals surface area contributed by atoms with Gasteiger partial charge >= 0.3 is 0 Å². The van der Waals surface area contributed by atoms with Gasteiger partial charge in [-0.3, -0.25) is 4.99 Å². The van der Waals surface area contributed by atoms with Gasteiger partial charge in [-0.25, -0.2) is 0 Å². The second-order valence-corrected chi connectivity index (χ2v) is 9.35. The number of β-amino-alcohol motifs (C(OH)–C–C–N with tert-alkyl or cyclic N) is 1. The third-order valence-corrected chi connectivity index (χ3v) is 6.13. The highest BCUT2D eigenvalue weighted by Crippen LogP contribution is 2.32. The number of amidine groups is 1. The number of fused-ring (bicyclic) bond motifs is 1. The summed E-state index contributed by atoms with van der Waals surface area (Å²) in [7, 11) is 0. The maximum atomic E-state index is 10.4. The van der Waals surface area contributed by atoms with Crippen LogP contribution in [0.1, 0.15) is 25.1 Å². The fourth-order valence-electron chi connectivity index (χ4n) is 3.19. The number of nitrogens with zero attached hydrogens (tertiary/aromatic N) is 5. The molecule has 176 valence electrons. The van der Waals surface area contributed by atoms with E-state index in [1.165, 1.54) is 0 Å². The smallest absolute Gasteiger partial charge is 0.132 e. The first-order valence-electron chi connectivity index (χ1n) is 10.5. The van der Waals surface area contributed by atoms with E-state index in [4.69, 9.17) is 16.0 Å². The predicted octanol–water partition coefficient (Wildman–Crippen LogP) is 4.10. The summed E-state index contributed by atoms with van der Waals surface area (Å²) < 4.78 is 6.66. The van der Waals surface area contributed by atoms with Crippen LogP contribution in [0.5, 0.6) is 5.75 Å². The molecule has 2 aromatic carbocycles. The van der Waals surface area contributed by atoms with Crippen molar-refractivity contribution in [2.75, 3.05) is 19.7 Å². The quantitative estimate of drug-likeness (QED) is 0.0715. The molecule has 11 heteroatoms. The summed E-state index contributed by atoms with van der Waals surface area (Å²) in [6.07, 6.45) is -0.754. The highest BCUT2D eigenvalue weighted by molar-refractivity contribution is 14.1. The number of hydrogen-bond donors (Lipinski definition) is 4. The molecule has 0 aliphatic rings. The number of aliphatic hydroxyl groups excluding tert-OH is 1. The molecule has 1 aromatic heterocycles. The summed E-state index contributed by atoms with van der Waals surface area (Å²) in [6.45, 7) is 4.71. The molecule has 0 bridgehead atoms. The third-order valence-electron chi connectivity index (χ3n) is 5.05. The van der Waals surface area contributed by atoms with Crippen LogP contribution >= 0.6 is 22.6 Å². The summed E-state index contributed by atoms with van der Waals surface area (Å²) in [5.74, 6) is 0.985. The number of ether oxygens (including phenoxy) is 1. The monoisotopic (exact) mass is 572 g/mol. The summed E-state index contributed by atoms with van der Waals surface area (Å²) in [6, 6.07) is 14.5. The van der Waals surface area contributed by atoms with E-state index >= 15 is 0 Å². The first-order chi connectivity index (χ1) is 16.2. The van der Waals surface area contributed by atoms with Crippen LogP contribution in [0.15, 0.2) is 52.6 Å². The number of aromatic amines is 1. The molecule has 10 nitrogen and oxygen atoms in total. The standard InChI is InChI=1S/C23H25IN8O2/c1-23(2,13-28-22(26)14-6-8-15(9-7-14)31-32-27)29-11-16(33)12-34-19-5-3-4-17-20(19)21(24)18(10-25)30-17/h3-9,16,29-30,33H,11-13H2,1-2H3,(H2,26,28). The number of azide groups is 1. The molecular formula is C23H25IN8O2. The largest absolute Gasteiger partial charge is 0.490 e. The Morgan fingerprint density at radius 1 is 1.35 bits per heavy atom. The third kappa shape index (κ3) is 6.39. The van der Waals surface area contributed by atoms with Gasteiger partial charge in [0.15, 0.2) is 0 Å². The number of halogens is 1. The molecule has 3 aromatic rings. The Balaban J connectivity index is 1.54. The minimum Gasteiger partial charge on any atom is -0.490 e. The lowest BCUT2D eigenvalue weighted by molar-refractivity contribution is 0.100. The number of nitriles is 1. The van der Waals surface area contributed by atoms with E-state index < -0.39 is 11.6 Å². The minimum atomic E-state index is -0.754. The Labute approximate surface area is 210 Å². The number of rotatable bonds is 10. The van der Waals surface area contributed by atoms with E-state index in [-0.39, 0.29) is 6.61 Å². The van der Waals surface area contributed by atoms with E-state index in [1.54, 1.807) is 24.3 Å². The lowest BCUT2D eigenvalue weighted by Crippen LogP contribution is -2.47. The molecule has 5 N–H and O–H groups in total. The topological polar surface area (TPSA) is 168 Å². The Kier molecular flexibility index (Phi) is 8.36. The number of nitrogens with two attached hydrogens (primary N) is 1. The van der Waals surface area contributed by atoms with E-state index in [1.807, 2.05) is 32.0 Å². The van der Waals surface area contributed by atoms with Crippen LogP contribution in [0, 0.1) is 14.9 Å². The van der Waals surface area contributed by atoms with Gasteiger partial charge in [-0.2, -0.15) is 5.26 Å². The lowest BCUT2D eigenvalue weighted by atomic mass is 10.1. The number of hydrogen-bond acceptors (Lipinski definition) is 6. The highest BCUT2D eigenvalue weighted by Gasteiger charge is 2.19. The molecule has 0 saturated carbocycles. The second kappa shape index (κ2) is 11.2. The van der Waals surface area contributed by atoms with Crippen LogP contribution in [0.4, 0.5) is 5.69 Å². The van der Waals surface area contributed by atoms with Gasteiger partial charge in [0.2, 0.25) is 0 Å². The van der Waals surface area contributed by atoms with Crippen LogP contribution in [-0.4, -0.2) is 47.3 Å². The fraction of sp³-hybridized carbons (Fsp3) is 0.304. The van der Waals surface area contributed by atoms with Crippen LogP contribution in [0.25, 0.3) is 21.3 Å². The lowest BCUT2D eigenvalue weighted by Gasteiger charge is -2.26. The fourth-order valence-corrected chi connectivity index (χ4v) is 4.00. The van der Waals surface area contributed by atoms with Crippen molar-refractivity contribution in [2.24, 2.45) is 15.8 Å². The summed E-state index contributed by atoms with van der Waals surface area (Å²) in [5.41, 5.74) is 16.7. The van der Waals surface area contributed by atoms with Crippen molar-refractivity contribution in [3.63, 3.8) is 0 Å². The van der Waals surface area contributed by atoms with Crippen molar-refractivity contribution in [3.05, 3.63) is 67.7 Å². The molecule has 0 amide bonds. The number of aromatic nitrogens is 1. The molecule has 1 heterocycles. The summed E-state index contributed by atoms with van der Waals surface area (Å²) in [5, 5.41) is 27.3. The van der Waals surface area contributed by atoms with E-state index in [0.717, 1.165) is 20.0 Å². The van der Waals surface area contributed by atoms with E-state index in [0.29, 0.717) is 36.1 Å². The van der Waals surface area contributed by atoms with Gasteiger partial charge in [-0.05, 0) is 54.1 Å². The van der Waals surface area contributed by atoms with Crippen molar-refractivity contribution in [1.82, 2.24) is 10.3 Å². The van der Waals surface area contributed by atoms with Gasteiger partial charge in [-0.1, -0.05) is 35.4 Å². The maximum absolute atomic E-state index is 10.4. The van der Waals surface area contributed by atoms with Crippen LogP contribution in [0.3, 0.4) is 0 Å². The van der Waals surface area contributed by atoms with Crippen molar-refractivity contribution >= 4 is 45.0 Å².